The summed E-state index contributed by atoms with van der Waals surface area (Å²) in [6.07, 6.45) is 0. The van der Waals surface area contributed by atoms with Crippen LogP contribution in [0.1, 0.15) is 27.4 Å². The first kappa shape index (κ1) is 13.2. The van der Waals surface area contributed by atoms with Crippen LogP contribution in [0.3, 0.4) is 0 Å². The largest absolute Gasteiger partial charge is 0.485 e. The Balaban J connectivity index is 2.04. The molecule has 4 heteroatoms. The molecule has 0 aliphatic heterocycles. The lowest BCUT2D eigenvalue weighted by Gasteiger charge is -2.09. The summed E-state index contributed by atoms with van der Waals surface area (Å²) in [5, 5.41) is 0. The van der Waals surface area contributed by atoms with E-state index in [1.165, 1.54) is 12.7 Å². The number of hydrogen-bond acceptors (Lipinski definition) is 4. The summed E-state index contributed by atoms with van der Waals surface area (Å²) >= 11 is 0. The number of esters is 1. The molecule has 0 aliphatic rings. The van der Waals surface area contributed by atoms with Crippen molar-refractivity contribution < 1.29 is 18.7 Å². The predicted molar refractivity (Wildman–Crippen MR) is 70.3 cm³/mol. The maximum absolute atomic E-state index is 11.2. The molecule has 0 bridgehead atoms. The molecular weight excluding hydrogens is 244 g/mol. The van der Waals surface area contributed by atoms with Gasteiger partial charge in [-0.2, -0.15) is 0 Å². The minimum atomic E-state index is -0.488. The van der Waals surface area contributed by atoms with E-state index in [1.807, 2.05) is 32.0 Å². The van der Waals surface area contributed by atoms with Gasteiger partial charge in [0.2, 0.25) is 5.76 Å². The molecule has 0 saturated heterocycles. The summed E-state index contributed by atoms with van der Waals surface area (Å²) in [5.74, 6) is 1.09. The molecule has 0 spiro atoms. The fourth-order valence-electron chi connectivity index (χ4n) is 1.70. The summed E-state index contributed by atoms with van der Waals surface area (Å²) < 4.78 is 15.6. The Morgan fingerprint density at radius 3 is 2.74 bits per heavy atom. The van der Waals surface area contributed by atoms with Crippen LogP contribution in [0.15, 0.2) is 34.7 Å². The van der Waals surface area contributed by atoms with E-state index in [9.17, 15) is 4.79 Å². The molecule has 0 unspecified atom stereocenters. The van der Waals surface area contributed by atoms with Crippen molar-refractivity contribution in [2.45, 2.75) is 20.5 Å². The molecular formula is C15H16O4. The fraction of sp³-hybridized carbons (Fsp3) is 0.267. The van der Waals surface area contributed by atoms with E-state index in [4.69, 9.17) is 9.15 Å². The van der Waals surface area contributed by atoms with Gasteiger partial charge in [-0.25, -0.2) is 4.79 Å². The van der Waals surface area contributed by atoms with E-state index in [2.05, 4.69) is 4.74 Å². The second-order valence-electron chi connectivity index (χ2n) is 4.24. The minimum absolute atomic E-state index is 0.182. The average Bonchev–Trinajstić information content (AvgIpc) is 2.88. The van der Waals surface area contributed by atoms with Crippen LogP contribution in [0.25, 0.3) is 0 Å². The molecule has 0 N–H and O–H groups in total. The zero-order chi connectivity index (χ0) is 13.8. The molecule has 100 valence electrons. The van der Waals surface area contributed by atoms with Gasteiger partial charge in [-0.3, -0.25) is 0 Å². The Labute approximate surface area is 111 Å². The monoisotopic (exact) mass is 260 g/mol. The van der Waals surface area contributed by atoms with Crippen LogP contribution < -0.4 is 4.74 Å². The van der Waals surface area contributed by atoms with E-state index in [1.54, 1.807) is 12.1 Å². The highest BCUT2D eigenvalue weighted by molar-refractivity contribution is 5.86. The second kappa shape index (κ2) is 5.61. The lowest BCUT2D eigenvalue weighted by Crippen LogP contribution is -1.99. The normalized spacial score (nSPS) is 10.3. The molecule has 4 nitrogen and oxygen atoms in total. The number of rotatable bonds is 4. The summed E-state index contributed by atoms with van der Waals surface area (Å²) in [5.41, 5.74) is 2.27. The van der Waals surface area contributed by atoms with Gasteiger partial charge >= 0.3 is 5.97 Å². The average molecular weight is 260 g/mol. The zero-order valence-corrected chi connectivity index (χ0v) is 11.2. The van der Waals surface area contributed by atoms with E-state index in [0.29, 0.717) is 5.76 Å². The molecule has 1 heterocycles. The maximum atomic E-state index is 11.2. The van der Waals surface area contributed by atoms with Gasteiger partial charge in [0.1, 0.15) is 18.1 Å². The lowest BCUT2D eigenvalue weighted by molar-refractivity contribution is 0.0561. The number of ether oxygens (including phenoxy) is 2. The summed E-state index contributed by atoms with van der Waals surface area (Å²) in [6.45, 7) is 4.32. The number of hydrogen-bond donors (Lipinski definition) is 0. The third-order valence-corrected chi connectivity index (χ3v) is 2.97. The van der Waals surface area contributed by atoms with Gasteiger partial charge < -0.3 is 13.9 Å². The van der Waals surface area contributed by atoms with Crippen molar-refractivity contribution in [3.8, 4) is 5.75 Å². The standard InChI is InChI=1S/C15H16O4/c1-10-5-4-6-13(11(10)2)18-9-12-7-8-14(19-12)15(16)17-3/h4-8H,9H2,1-3H3. The smallest absolute Gasteiger partial charge is 0.373 e. The minimum Gasteiger partial charge on any atom is -0.485 e. The van der Waals surface area contributed by atoms with Crippen molar-refractivity contribution in [1.82, 2.24) is 0 Å². The molecule has 0 fully saturated rings. The van der Waals surface area contributed by atoms with Gasteiger partial charge in [-0.05, 0) is 43.2 Å². The van der Waals surface area contributed by atoms with Crippen LogP contribution in [-0.4, -0.2) is 13.1 Å². The van der Waals surface area contributed by atoms with Gasteiger partial charge in [0.05, 0.1) is 7.11 Å². The van der Waals surface area contributed by atoms with E-state index in [-0.39, 0.29) is 12.4 Å². The number of furan rings is 1. The first-order valence-electron chi connectivity index (χ1n) is 5.98. The van der Waals surface area contributed by atoms with Crippen molar-refractivity contribution in [1.29, 1.82) is 0 Å². The quantitative estimate of drug-likeness (QED) is 0.792. The third kappa shape index (κ3) is 2.96. The number of methoxy groups -OCH3 is 1. The van der Waals surface area contributed by atoms with Crippen molar-refractivity contribution in [3.05, 3.63) is 53.0 Å². The first-order valence-corrected chi connectivity index (χ1v) is 5.98. The number of benzene rings is 1. The van der Waals surface area contributed by atoms with Crippen molar-refractivity contribution in [3.63, 3.8) is 0 Å². The highest BCUT2D eigenvalue weighted by Crippen LogP contribution is 2.22. The molecule has 19 heavy (non-hydrogen) atoms. The van der Waals surface area contributed by atoms with Crippen LogP contribution in [-0.2, 0) is 11.3 Å². The highest BCUT2D eigenvalue weighted by Gasteiger charge is 2.11. The van der Waals surface area contributed by atoms with Gasteiger partial charge in [-0.1, -0.05) is 12.1 Å². The molecule has 2 aromatic rings. The molecule has 0 saturated carbocycles. The third-order valence-electron chi connectivity index (χ3n) is 2.97. The molecule has 1 aromatic carbocycles. The van der Waals surface area contributed by atoms with Crippen LogP contribution in [0, 0.1) is 13.8 Å². The molecule has 0 aliphatic carbocycles. The van der Waals surface area contributed by atoms with Gasteiger partial charge in [0, 0.05) is 0 Å². The molecule has 0 amide bonds. The Bertz CT molecular complexity index is 584. The predicted octanol–water partition coefficient (Wildman–Crippen LogP) is 3.26. The van der Waals surface area contributed by atoms with Crippen LogP contribution in [0.5, 0.6) is 5.75 Å². The lowest BCUT2D eigenvalue weighted by atomic mass is 10.1. The van der Waals surface area contributed by atoms with Crippen molar-refractivity contribution >= 4 is 5.97 Å². The van der Waals surface area contributed by atoms with Crippen LogP contribution in [0.2, 0.25) is 0 Å². The van der Waals surface area contributed by atoms with Gasteiger partial charge in [-0.15, -0.1) is 0 Å². The second-order valence-corrected chi connectivity index (χ2v) is 4.24. The summed E-state index contributed by atoms with van der Waals surface area (Å²) in [6, 6.07) is 9.17. The topological polar surface area (TPSA) is 48.7 Å². The van der Waals surface area contributed by atoms with E-state index >= 15 is 0 Å². The number of carbonyl (C=O) groups is 1. The SMILES string of the molecule is COC(=O)c1ccc(COc2cccc(C)c2C)o1. The van der Waals surface area contributed by atoms with Crippen molar-refractivity contribution in [2.24, 2.45) is 0 Å². The molecule has 1 aromatic heterocycles. The van der Waals surface area contributed by atoms with Gasteiger partial charge in [0.25, 0.3) is 0 Å². The summed E-state index contributed by atoms with van der Waals surface area (Å²) in [7, 11) is 1.32. The highest BCUT2D eigenvalue weighted by atomic mass is 16.5. The maximum Gasteiger partial charge on any atom is 0.373 e. The Kier molecular flexibility index (Phi) is 3.90. The van der Waals surface area contributed by atoms with E-state index < -0.39 is 5.97 Å². The zero-order valence-electron chi connectivity index (χ0n) is 11.2. The number of aryl methyl sites for hydroxylation is 1. The number of carbonyl (C=O) groups excluding carboxylic acids is 1. The summed E-state index contributed by atoms with van der Waals surface area (Å²) in [4.78, 5) is 11.2. The van der Waals surface area contributed by atoms with Crippen LogP contribution in [0.4, 0.5) is 0 Å². The first-order chi connectivity index (χ1) is 9.11. The Morgan fingerprint density at radius 1 is 1.21 bits per heavy atom. The van der Waals surface area contributed by atoms with Crippen molar-refractivity contribution in [2.75, 3.05) is 7.11 Å². The fourth-order valence-corrected chi connectivity index (χ4v) is 1.70. The molecule has 0 radical (unpaired) electrons. The van der Waals surface area contributed by atoms with E-state index in [0.717, 1.165) is 11.3 Å². The molecule has 2 rings (SSSR count). The van der Waals surface area contributed by atoms with Crippen LogP contribution >= 0.6 is 0 Å². The molecule has 0 atom stereocenters. The Hall–Kier alpha value is -2.23. The Morgan fingerprint density at radius 2 is 2.00 bits per heavy atom. The van der Waals surface area contributed by atoms with Gasteiger partial charge in [0.15, 0.2) is 0 Å².